The molecule has 1 aliphatic rings. The fraction of sp³-hybridized carbons (Fsp3) is 0.333. The van der Waals surface area contributed by atoms with Gasteiger partial charge in [-0.05, 0) is 31.0 Å². The molecule has 0 radical (unpaired) electrons. The van der Waals surface area contributed by atoms with Crippen LogP contribution in [0.3, 0.4) is 0 Å². The third-order valence-corrected chi connectivity index (χ3v) is 4.60. The molecule has 0 spiro atoms. The second-order valence-corrected chi connectivity index (χ2v) is 6.35. The molecule has 1 atom stereocenters. The van der Waals surface area contributed by atoms with Crippen molar-refractivity contribution in [3.8, 4) is 0 Å². The zero-order valence-corrected chi connectivity index (χ0v) is 11.8. The van der Waals surface area contributed by atoms with E-state index in [1.54, 1.807) is 0 Å². The number of aryl methyl sites for hydroxylation is 1. The molecule has 2 rings (SSSR count). The number of hydrogen-bond donors (Lipinski definition) is 3. The number of carbonyl (C=O) groups is 2. The number of carboxylic acid groups (broad SMARTS) is 1. The zero-order chi connectivity index (χ0) is 15.8. The van der Waals surface area contributed by atoms with Crippen molar-refractivity contribution >= 4 is 27.6 Å². The highest BCUT2D eigenvalue weighted by atomic mass is 32.2. The van der Waals surface area contributed by atoms with E-state index in [-0.39, 0.29) is 18.0 Å². The van der Waals surface area contributed by atoms with E-state index in [2.05, 4.69) is 5.32 Å². The number of carboxylic acids is 1. The SMILES string of the molecule is CC(NS(=O)(=O)c1cc2c(cc1F)NC(=O)CC2)C(=O)O. The van der Waals surface area contributed by atoms with Crippen molar-refractivity contribution in [1.82, 2.24) is 4.72 Å². The number of halogens is 1. The molecule has 1 aliphatic heterocycles. The maximum absolute atomic E-state index is 13.9. The third kappa shape index (κ3) is 3.19. The first-order valence-electron chi connectivity index (χ1n) is 6.08. The van der Waals surface area contributed by atoms with Crippen LogP contribution in [-0.4, -0.2) is 31.4 Å². The van der Waals surface area contributed by atoms with Gasteiger partial charge in [-0.15, -0.1) is 0 Å². The van der Waals surface area contributed by atoms with Crippen molar-refractivity contribution in [3.05, 3.63) is 23.5 Å². The summed E-state index contributed by atoms with van der Waals surface area (Å²) in [6, 6.07) is 0.651. The smallest absolute Gasteiger partial charge is 0.321 e. The molecule has 0 bridgehead atoms. The van der Waals surface area contributed by atoms with E-state index in [0.717, 1.165) is 19.1 Å². The van der Waals surface area contributed by atoms with E-state index in [4.69, 9.17) is 5.11 Å². The Hall–Kier alpha value is -2.00. The first-order chi connectivity index (χ1) is 9.70. The molecule has 0 fully saturated rings. The van der Waals surface area contributed by atoms with Crippen molar-refractivity contribution in [2.45, 2.75) is 30.7 Å². The lowest BCUT2D eigenvalue weighted by atomic mass is 10.0. The van der Waals surface area contributed by atoms with Gasteiger partial charge < -0.3 is 10.4 Å². The number of hydrogen-bond acceptors (Lipinski definition) is 4. The molecule has 1 aromatic carbocycles. The highest BCUT2D eigenvalue weighted by Gasteiger charge is 2.27. The van der Waals surface area contributed by atoms with Crippen LogP contribution < -0.4 is 10.0 Å². The highest BCUT2D eigenvalue weighted by Crippen LogP contribution is 2.28. The topological polar surface area (TPSA) is 113 Å². The van der Waals surface area contributed by atoms with Gasteiger partial charge in [0.2, 0.25) is 15.9 Å². The standard InChI is InChI=1S/C12H13FN2O5S/c1-6(12(17)18)15-21(19,20)10-4-7-2-3-11(16)14-9(7)5-8(10)13/h4-6,15H,2-3H2,1H3,(H,14,16)(H,17,18). The first-order valence-corrected chi connectivity index (χ1v) is 7.56. The minimum atomic E-state index is -4.30. The fourth-order valence-electron chi connectivity index (χ4n) is 1.93. The maximum Gasteiger partial charge on any atom is 0.321 e. The summed E-state index contributed by atoms with van der Waals surface area (Å²) < 4.78 is 39.8. The number of anilines is 1. The van der Waals surface area contributed by atoms with Crippen LogP contribution in [0.5, 0.6) is 0 Å². The minimum absolute atomic E-state index is 0.178. The van der Waals surface area contributed by atoms with Crippen LogP contribution in [-0.2, 0) is 26.0 Å². The Balaban J connectivity index is 2.40. The Labute approximate surface area is 120 Å². The molecule has 3 N–H and O–H groups in total. The van der Waals surface area contributed by atoms with Gasteiger partial charge in [-0.25, -0.2) is 12.8 Å². The molecule has 1 aromatic rings. The van der Waals surface area contributed by atoms with Gasteiger partial charge in [0.15, 0.2) is 0 Å². The van der Waals surface area contributed by atoms with Crippen LogP contribution in [0.2, 0.25) is 0 Å². The Bertz CT molecular complexity index is 717. The molecule has 0 aromatic heterocycles. The predicted octanol–water partition coefficient (Wildman–Crippen LogP) is 0.462. The van der Waals surface area contributed by atoms with Crippen LogP contribution in [0, 0.1) is 5.82 Å². The van der Waals surface area contributed by atoms with Gasteiger partial charge in [0.1, 0.15) is 16.8 Å². The lowest BCUT2D eigenvalue weighted by Gasteiger charge is -2.19. The van der Waals surface area contributed by atoms with E-state index >= 15 is 0 Å². The van der Waals surface area contributed by atoms with Gasteiger partial charge in [0.25, 0.3) is 0 Å². The van der Waals surface area contributed by atoms with E-state index in [9.17, 15) is 22.4 Å². The average Bonchev–Trinajstić information content (AvgIpc) is 2.36. The van der Waals surface area contributed by atoms with Gasteiger partial charge in [-0.2, -0.15) is 4.72 Å². The van der Waals surface area contributed by atoms with Crippen LogP contribution in [0.1, 0.15) is 18.9 Å². The summed E-state index contributed by atoms with van der Waals surface area (Å²) in [6.45, 7) is 1.14. The Kier molecular flexibility index (Phi) is 3.97. The maximum atomic E-state index is 13.9. The second kappa shape index (κ2) is 5.41. The highest BCUT2D eigenvalue weighted by molar-refractivity contribution is 7.89. The van der Waals surface area contributed by atoms with Crippen LogP contribution in [0.4, 0.5) is 10.1 Å². The average molecular weight is 316 g/mol. The summed E-state index contributed by atoms with van der Waals surface area (Å²) in [6.07, 6.45) is 0.468. The first kappa shape index (κ1) is 15.4. The molecule has 9 heteroatoms. The number of benzene rings is 1. The Morgan fingerprint density at radius 2 is 2.10 bits per heavy atom. The minimum Gasteiger partial charge on any atom is -0.480 e. The second-order valence-electron chi connectivity index (χ2n) is 4.67. The lowest BCUT2D eigenvalue weighted by Crippen LogP contribution is -2.38. The van der Waals surface area contributed by atoms with Crippen LogP contribution >= 0.6 is 0 Å². The molecular weight excluding hydrogens is 303 g/mol. The Morgan fingerprint density at radius 3 is 2.71 bits per heavy atom. The molecule has 0 saturated carbocycles. The summed E-state index contributed by atoms with van der Waals surface area (Å²) in [5, 5.41) is 11.2. The van der Waals surface area contributed by atoms with Gasteiger partial charge in [0.05, 0.1) is 0 Å². The molecule has 21 heavy (non-hydrogen) atoms. The van der Waals surface area contributed by atoms with Crippen LogP contribution in [0.15, 0.2) is 17.0 Å². The number of sulfonamides is 1. The predicted molar refractivity (Wildman–Crippen MR) is 70.8 cm³/mol. The molecule has 0 saturated heterocycles. The summed E-state index contributed by atoms with van der Waals surface area (Å²) in [7, 11) is -4.30. The molecule has 7 nitrogen and oxygen atoms in total. The van der Waals surface area contributed by atoms with Crippen molar-refractivity contribution in [2.75, 3.05) is 5.32 Å². The monoisotopic (exact) mass is 316 g/mol. The largest absolute Gasteiger partial charge is 0.480 e. The van der Waals surface area contributed by atoms with Gasteiger partial charge in [-0.1, -0.05) is 0 Å². The van der Waals surface area contributed by atoms with E-state index in [1.165, 1.54) is 0 Å². The van der Waals surface area contributed by atoms with E-state index < -0.39 is 32.7 Å². The number of rotatable bonds is 4. The molecule has 1 amide bonds. The van der Waals surface area contributed by atoms with E-state index in [0.29, 0.717) is 12.0 Å². The van der Waals surface area contributed by atoms with E-state index in [1.807, 2.05) is 4.72 Å². The number of aliphatic carboxylic acids is 1. The van der Waals surface area contributed by atoms with Gasteiger partial charge in [-0.3, -0.25) is 9.59 Å². The molecular formula is C12H13FN2O5S. The van der Waals surface area contributed by atoms with Gasteiger partial charge >= 0.3 is 5.97 Å². The molecule has 1 heterocycles. The molecule has 0 aliphatic carbocycles. The van der Waals surface area contributed by atoms with Crippen LogP contribution in [0.25, 0.3) is 0 Å². The Morgan fingerprint density at radius 1 is 1.43 bits per heavy atom. The number of nitrogens with one attached hydrogen (secondary N) is 2. The molecule has 114 valence electrons. The third-order valence-electron chi connectivity index (χ3n) is 3.05. The quantitative estimate of drug-likeness (QED) is 0.747. The lowest BCUT2D eigenvalue weighted by molar-refractivity contribution is -0.138. The normalized spacial score (nSPS) is 16.0. The fourth-order valence-corrected chi connectivity index (χ4v) is 3.24. The summed E-state index contributed by atoms with van der Waals surface area (Å²) in [4.78, 5) is 21.3. The number of carbonyl (C=O) groups excluding carboxylic acids is 1. The van der Waals surface area contributed by atoms with Crippen molar-refractivity contribution in [3.63, 3.8) is 0 Å². The molecule has 1 unspecified atom stereocenters. The summed E-state index contributed by atoms with van der Waals surface area (Å²) >= 11 is 0. The van der Waals surface area contributed by atoms with Crippen molar-refractivity contribution in [2.24, 2.45) is 0 Å². The number of fused-ring (bicyclic) bond motifs is 1. The summed E-state index contributed by atoms with van der Waals surface area (Å²) in [5.74, 6) is -2.69. The summed E-state index contributed by atoms with van der Waals surface area (Å²) in [5.41, 5.74) is 0.716. The van der Waals surface area contributed by atoms with Gasteiger partial charge in [0, 0.05) is 12.1 Å². The zero-order valence-electron chi connectivity index (χ0n) is 11.0. The van der Waals surface area contributed by atoms with Crippen molar-refractivity contribution in [1.29, 1.82) is 0 Å². The van der Waals surface area contributed by atoms with Crippen molar-refractivity contribution < 1.29 is 27.5 Å². The number of amides is 1.